The van der Waals surface area contributed by atoms with Gasteiger partial charge in [-0.1, -0.05) is 0 Å². The summed E-state index contributed by atoms with van der Waals surface area (Å²) in [4.78, 5) is 4.58. The molecular weight excluding hydrogens is 430 g/mol. The third kappa shape index (κ3) is 7.24. The lowest BCUT2D eigenvalue weighted by Crippen LogP contribution is -2.13. The van der Waals surface area contributed by atoms with Crippen LogP contribution in [0.2, 0.25) is 0 Å². The Morgan fingerprint density at radius 1 is 0.667 bits per heavy atom. The number of methoxy groups -OCH3 is 3. The van der Waals surface area contributed by atoms with Crippen molar-refractivity contribution in [2.45, 2.75) is 0 Å². The van der Waals surface area contributed by atoms with Gasteiger partial charge in [-0.25, -0.2) is 0 Å². The Hall–Kier alpha value is -3.01. The van der Waals surface area contributed by atoms with E-state index in [1.54, 1.807) is 33.6 Å². The summed E-state index contributed by atoms with van der Waals surface area (Å²) in [6, 6.07) is 9.16. The molecule has 0 saturated heterocycles. The Balaban J connectivity index is 1.78. The molecule has 1 heterocycles. The maximum atomic E-state index is 5.90. The first-order valence-corrected chi connectivity index (χ1v) is 10.7. The molecule has 0 fully saturated rings. The Morgan fingerprint density at radius 3 is 1.88 bits per heavy atom. The normalized spacial score (nSPS) is 16.0. The molecule has 0 aromatic heterocycles. The molecule has 0 radical (unpaired) electrons. The van der Waals surface area contributed by atoms with Crippen LogP contribution in [0.5, 0.6) is 28.7 Å². The van der Waals surface area contributed by atoms with Crippen molar-refractivity contribution in [1.82, 2.24) is 0 Å². The van der Waals surface area contributed by atoms with Gasteiger partial charge in [-0.05, 0) is 24.3 Å². The van der Waals surface area contributed by atoms with Gasteiger partial charge >= 0.3 is 0 Å². The van der Waals surface area contributed by atoms with Gasteiger partial charge in [-0.3, -0.25) is 4.99 Å². The van der Waals surface area contributed by atoms with Crippen molar-refractivity contribution in [3.63, 3.8) is 0 Å². The van der Waals surface area contributed by atoms with Crippen LogP contribution in [0.1, 0.15) is 5.56 Å². The van der Waals surface area contributed by atoms with E-state index in [1.165, 1.54) is 0 Å². The highest BCUT2D eigenvalue weighted by Crippen LogP contribution is 2.39. The van der Waals surface area contributed by atoms with Gasteiger partial charge in [0, 0.05) is 17.8 Å². The van der Waals surface area contributed by atoms with Gasteiger partial charge in [-0.15, -0.1) is 0 Å². The topological polar surface area (TPSA) is 86.2 Å². The minimum atomic E-state index is 0.379. The summed E-state index contributed by atoms with van der Waals surface area (Å²) in [5.41, 5.74) is 1.44. The van der Waals surface area contributed by atoms with E-state index in [0.29, 0.717) is 87.3 Å². The first-order valence-electron chi connectivity index (χ1n) is 10.7. The van der Waals surface area contributed by atoms with Gasteiger partial charge in [0.1, 0.15) is 13.2 Å². The molecule has 0 spiro atoms. The van der Waals surface area contributed by atoms with Crippen molar-refractivity contribution in [3.8, 4) is 28.7 Å². The van der Waals surface area contributed by atoms with Gasteiger partial charge in [0.15, 0.2) is 23.0 Å². The Kier molecular flexibility index (Phi) is 10.1. The predicted molar refractivity (Wildman–Crippen MR) is 123 cm³/mol. The maximum Gasteiger partial charge on any atom is 0.203 e. The fraction of sp³-hybridized carbons (Fsp3) is 0.458. The molecule has 33 heavy (non-hydrogen) atoms. The van der Waals surface area contributed by atoms with E-state index in [1.807, 2.05) is 24.3 Å². The van der Waals surface area contributed by atoms with E-state index in [0.717, 1.165) is 5.56 Å². The second-order valence-corrected chi connectivity index (χ2v) is 6.85. The number of hydrogen-bond acceptors (Lipinski definition) is 9. The molecule has 180 valence electrons. The van der Waals surface area contributed by atoms with Crippen LogP contribution in [-0.4, -0.2) is 80.4 Å². The molecule has 0 atom stereocenters. The van der Waals surface area contributed by atoms with Crippen LogP contribution in [0, 0.1) is 0 Å². The lowest BCUT2D eigenvalue weighted by atomic mass is 10.2. The number of rotatable bonds is 5. The number of aliphatic imine (C=N–C) groups is 1. The number of nitrogens with zero attached hydrogens (tertiary/aromatic N) is 1. The maximum absolute atomic E-state index is 5.90. The first kappa shape index (κ1) is 24.6. The molecule has 2 aromatic rings. The molecule has 0 amide bonds. The highest BCUT2D eigenvalue weighted by atomic mass is 16.6. The standard InChI is InChI=1S/C24H31NO8/c1-26-21-6-4-18(23(27-2)24(21)28-3)17-25-19-5-7-20-22(16-19)33-15-13-31-11-9-29-8-10-30-12-14-32-20/h4-7,16-17H,8-15H2,1-3H3. The van der Waals surface area contributed by atoms with Crippen molar-refractivity contribution in [1.29, 1.82) is 0 Å². The average molecular weight is 462 g/mol. The van der Waals surface area contributed by atoms with Gasteiger partial charge < -0.3 is 37.9 Å². The smallest absolute Gasteiger partial charge is 0.203 e. The Morgan fingerprint density at radius 2 is 1.27 bits per heavy atom. The molecule has 0 N–H and O–H groups in total. The van der Waals surface area contributed by atoms with Crippen LogP contribution < -0.4 is 23.7 Å². The molecule has 0 bridgehead atoms. The van der Waals surface area contributed by atoms with E-state index in [9.17, 15) is 0 Å². The van der Waals surface area contributed by atoms with Crippen molar-refractivity contribution in [2.24, 2.45) is 4.99 Å². The third-order valence-corrected chi connectivity index (χ3v) is 4.73. The zero-order valence-electron chi connectivity index (χ0n) is 19.3. The van der Waals surface area contributed by atoms with Gasteiger partial charge in [0.05, 0.1) is 66.7 Å². The van der Waals surface area contributed by atoms with E-state index in [-0.39, 0.29) is 0 Å². The number of hydrogen-bond donors (Lipinski definition) is 0. The minimum absolute atomic E-state index is 0.379. The molecule has 0 saturated carbocycles. The van der Waals surface area contributed by atoms with Gasteiger partial charge in [0.2, 0.25) is 5.75 Å². The van der Waals surface area contributed by atoms with Crippen LogP contribution in [0.3, 0.4) is 0 Å². The number of benzene rings is 2. The second-order valence-electron chi connectivity index (χ2n) is 6.85. The zero-order chi connectivity index (χ0) is 23.3. The van der Waals surface area contributed by atoms with E-state index < -0.39 is 0 Å². The van der Waals surface area contributed by atoms with E-state index in [4.69, 9.17) is 37.9 Å². The van der Waals surface area contributed by atoms with Crippen LogP contribution in [-0.2, 0) is 14.2 Å². The molecule has 9 heteroatoms. The predicted octanol–water partition coefficient (Wildman–Crippen LogP) is 3.28. The van der Waals surface area contributed by atoms with Crippen LogP contribution in [0.4, 0.5) is 5.69 Å². The molecule has 9 nitrogen and oxygen atoms in total. The van der Waals surface area contributed by atoms with Crippen LogP contribution in [0.25, 0.3) is 0 Å². The van der Waals surface area contributed by atoms with Gasteiger partial charge in [-0.2, -0.15) is 0 Å². The summed E-state index contributed by atoms with van der Waals surface area (Å²) >= 11 is 0. The molecule has 2 aromatic carbocycles. The molecule has 0 aliphatic carbocycles. The molecular formula is C24H31NO8. The van der Waals surface area contributed by atoms with Crippen molar-refractivity contribution < 1.29 is 37.9 Å². The zero-order valence-corrected chi connectivity index (χ0v) is 19.3. The monoisotopic (exact) mass is 461 g/mol. The quantitative estimate of drug-likeness (QED) is 0.627. The highest BCUT2D eigenvalue weighted by Gasteiger charge is 2.15. The Labute approximate surface area is 194 Å². The fourth-order valence-corrected chi connectivity index (χ4v) is 3.14. The summed E-state index contributed by atoms with van der Waals surface area (Å²) < 4.78 is 44.5. The second kappa shape index (κ2) is 13.5. The van der Waals surface area contributed by atoms with E-state index >= 15 is 0 Å². The van der Waals surface area contributed by atoms with Crippen molar-refractivity contribution in [2.75, 3.05) is 74.2 Å². The van der Waals surface area contributed by atoms with E-state index in [2.05, 4.69) is 4.99 Å². The van der Waals surface area contributed by atoms with Gasteiger partial charge in [0.25, 0.3) is 0 Å². The molecule has 0 unspecified atom stereocenters. The first-order chi connectivity index (χ1) is 16.3. The molecule has 3 rings (SSSR count). The largest absolute Gasteiger partial charge is 0.493 e. The fourth-order valence-electron chi connectivity index (χ4n) is 3.14. The van der Waals surface area contributed by atoms with Crippen molar-refractivity contribution >= 4 is 11.9 Å². The SMILES string of the molecule is COc1ccc(C=Nc2ccc3c(c2)OCCOCCOCCOCCO3)c(OC)c1OC. The molecule has 1 aliphatic heterocycles. The lowest BCUT2D eigenvalue weighted by molar-refractivity contribution is 0.00708. The summed E-state index contributed by atoms with van der Waals surface area (Å²) in [5.74, 6) is 2.83. The Bertz CT molecular complexity index is 902. The summed E-state index contributed by atoms with van der Waals surface area (Å²) in [7, 11) is 4.72. The average Bonchev–Trinajstić information content (AvgIpc) is 2.86. The minimum Gasteiger partial charge on any atom is -0.493 e. The summed E-state index contributed by atoms with van der Waals surface area (Å²) in [6.45, 7) is 3.75. The number of fused-ring (bicyclic) bond motifs is 1. The lowest BCUT2D eigenvalue weighted by Gasteiger charge is -2.14. The summed E-state index contributed by atoms with van der Waals surface area (Å²) in [6.07, 6.45) is 1.70. The van der Waals surface area contributed by atoms with Crippen LogP contribution in [0.15, 0.2) is 35.3 Å². The highest BCUT2D eigenvalue weighted by molar-refractivity contribution is 5.88. The van der Waals surface area contributed by atoms with Crippen molar-refractivity contribution in [3.05, 3.63) is 35.9 Å². The number of ether oxygens (including phenoxy) is 8. The summed E-state index contributed by atoms with van der Waals surface area (Å²) in [5, 5.41) is 0. The molecule has 1 aliphatic rings. The third-order valence-electron chi connectivity index (χ3n) is 4.73. The van der Waals surface area contributed by atoms with Crippen LogP contribution >= 0.6 is 0 Å².